The Kier molecular flexibility index (Phi) is 7.21. The van der Waals surface area contributed by atoms with E-state index >= 15 is 0 Å². The number of aliphatic carboxylic acids is 1. The standard InChI is InChI=1S/C26H19ClFNO7/c27-19-2-1-3-20(28)18(19)12-23-25(32)17-9-8-16(11-22(17)36-23)35-13-24(31)29-21(26(33)34)10-14-4-6-15(30)7-5-14/h1-9,11-12,21,30H,10,13H2,(H,29,31)(H,33,34). The number of allylic oxidation sites excluding steroid dienone is 1. The lowest BCUT2D eigenvalue weighted by molar-refractivity contribution is -0.142. The molecule has 1 aliphatic heterocycles. The Morgan fingerprint density at radius 2 is 1.89 bits per heavy atom. The molecule has 3 aromatic carbocycles. The van der Waals surface area contributed by atoms with Crippen molar-refractivity contribution in [2.75, 3.05) is 6.61 Å². The van der Waals surface area contributed by atoms with Crippen molar-refractivity contribution in [3.63, 3.8) is 0 Å². The summed E-state index contributed by atoms with van der Waals surface area (Å²) in [6.07, 6.45) is 1.23. The topological polar surface area (TPSA) is 122 Å². The molecule has 0 aliphatic carbocycles. The van der Waals surface area contributed by atoms with Gasteiger partial charge < -0.3 is 25.0 Å². The van der Waals surface area contributed by atoms with Gasteiger partial charge in [0.1, 0.15) is 29.1 Å². The molecule has 3 aromatic rings. The molecule has 1 heterocycles. The number of carbonyl (C=O) groups is 3. The van der Waals surface area contributed by atoms with E-state index in [1.807, 2.05) is 0 Å². The number of carboxylic acid groups (broad SMARTS) is 1. The average molecular weight is 512 g/mol. The summed E-state index contributed by atoms with van der Waals surface area (Å²) >= 11 is 6.01. The summed E-state index contributed by atoms with van der Waals surface area (Å²) < 4.78 is 25.1. The maximum absolute atomic E-state index is 14.1. The van der Waals surface area contributed by atoms with E-state index in [-0.39, 0.29) is 45.6 Å². The summed E-state index contributed by atoms with van der Waals surface area (Å²) in [5.41, 5.74) is 0.858. The van der Waals surface area contributed by atoms with Crippen molar-refractivity contribution in [2.45, 2.75) is 12.5 Å². The number of halogens is 2. The number of phenols is 1. The van der Waals surface area contributed by atoms with Gasteiger partial charge in [-0.1, -0.05) is 29.8 Å². The van der Waals surface area contributed by atoms with E-state index in [2.05, 4.69) is 5.32 Å². The third kappa shape index (κ3) is 5.64. The van der Waals surface area contributed by atoms with E-state index in [1.165, 1.54) is 54.6 Å². The molecule has 1 amide bonds. The first-order valence-corrected chi connectivity index (χ1v) is 11.0. The number of Topliss-reactive ketones (excluding diaryl/α,β-unsaturated/α-hetero) is 1. The lowest BCUT2D eigenvalue weighted by Gasteiger charge is -2.15. The fourth-order valence-electron chi connectivity index (χ4n) is 3.49. The van der Waals surface area contributed by atoms with Crippen LogP contribution in [-0.2, 0) is 16.0 Å². The third-order valence-corrected chi connectivity index (χ3v) is 5.63. The highest BCUT2D eigenvalue weighted by Crippen LogP contribution is 2.35. The first-order valence-electron chi connectivity index (χ1n) is 10.7. The maximum Gasteiger partial charge on any atom is 0.326 e. The zero-order valence-electron chi connectivity index (χ0n) is 18.5. The summed E-state index contributed by atoms with van der Waals surface area (Å²) in [6.45, 7) is -0.486. The predicted octanol–water partition coefficient (Wildman–Crippen LogP) is 3.99. The number of hydrogen-bond acceptors (Lipinski definition) is 6. The van der Waals surface area contributed by atoms with Crippen LogP contribution in [0.25, 0.3) is 6.08 Å². The van der Waals surface area contributed by atoms with Crippen molar-refractivity contribution >= 4 is 35.3 Å². The van der Waals surface area contributed by atoms with Gasteiger partial charge in [0.25, 0.3) is 5.91 Å². The summed E-state index contributed by atoms with van der Waals surface area (Å²) in [5, 5.41) is 21.3. The van der Waals surface area contributed by atoms with Crippen molar-refractivity contribution in [2.24, 2.45) is 0 Å². The minimum Gasteiger partial charge on any atom is -0.508 e. The molecule has 0 saturated heterocycles. The van der Waals surface area contributed by atoms with Crippen LogP contribution in [0, 0.1) is 5.82 Å². The van der Waals surface area contributed by atoms with E-state index in [0.717, 1.165) is 0 Å². The lowest BCUT2D eigenvalue weighted by Crippen LogP contribution is -2.44. The Balaban J connectivity index is 1.39. The highest BCUT2D eigenvalue weighted by Gasteiger charge is 2.28. The Hall–Kier alpha value is -4.37. The van der Waals surface area contributed by atoms with Crippen molar-refractivity contribution < 1.29 is 38.5 Å². The Labute approximate surface area is 209 Å². The zero-order chi connectivity index (χ0) is 25.8. The van der Waals surface area contributed by atoms with Crippen molar-refractivity contribution in [1.82, 2.24) is 5.32 Å². The number of phenolic OH excluding ortho intramolecular Hbond substituents is 1. The molecule has 184 valence electrons. The average Bonchev–Trinajstić information content (AvgIpc) is 3.15. The van der Waals surface area contributed by atoms with E-state index < -0.39 is 36.1 Å². The van der Waals surface area contributed by atoms with Crippen LogP contribution in [-0.4, -0.2) is 40.5 Å². The molecule has 0 saturated carbocycles. The number of rotatable bonds is 8. The van der Waals surface area contributed by atoms with Crippen LogP contribution < -0.4 is 14.8 Å². The Bertz CT molecular complexity index is 1350. The minimum absolute atomic E-state index is 0.0112. The Morgan fingerprint density at radius 1 is 1.14 bits per heavy atom. The second-order valence-corrected chi connectivity index (χ2v) is 8.26. The number of ketones is 1. The van der Waals surface area contributed by atoms with Crippen molar-refractivity contribution in [3.05, 3.63) is 94.0 Å². The van der Waals surface area contributed by atoms with Gasteiger partial charge in [-0.3, -0.25) is 9.59 Å². The SMILES string of the molecule is O=C(COc1ccc2c(c1)OC(=Cc1c(F)cccc1Cl)C2=O)NC(Cc1ccc(O)cc1)C(=O)O. The molecule has 0 fully saturated rings. The molecular formula is C26H19ClFNO7. The monoisotopic (exact) mass is 511 g/mol. The number of fused-ring (bicyclic) bond motifs is 1. The van der Waals surface area contributed by atoms with Crippen LogP contribution in [0.4, 0.5) is 4.39 Å². The zero-order valence-corrected chi connectivity index (χ0v) is 19.3. The van der Waals surface area contributed by atoms with Gasteiger partial charge in [0.15, 0.2) is 12.4 Å². The van der Waals surface area contributed by atoms with Crippen LogP contribution in [0.2, 0.25) is 5.02 Å². The first-order chi connectivity index (χ1) is 17.2. The third-order valence-electron chi connectivity index (χ3n) is 5.30. The molecule has 1 atom stereocenters. The molecule has 0 radical (unpaired) electrons. The van der Waals surface area contributed by atoms with E-state index in [9.17, 15) is 29.0 Å². The van der Waals surface area contributed by atoms with Crippen molar-refractivity contribution in [3.8, 4) is 17.2 Å². The maximum atomic E-state index is 14.1. The number of ether oxygens (including phenoxy) is 2. The second kappa shape index (κ2) is 10.5. The van der Waals surface area contributed by atoms with Gasteiger partial charge in [0.05, 0.1) is 10.6 Å². The molecule has 0 bridgehead atoms. The molecule has 0 spiro atoms. The van der Waals surface area contributed by atoms with Gasteiger partial charge in [-0.25, -0.2) is 9.18 Å². The summed E-state index contributed by atoms with van der Waals surface area (Å²) in [6, 6.07) is 13.2. The van der Waals surface area contributed by atoms with E-state index in [0.29, 0.717) is 5.56 Å². The number of aromatic hydroxyl groups is 1. The number of carboxylic acids is 1. The summed E-state index contributed by atoms with van der Waals surface area (Å²) in [7, 11) is 0. The number of nitrogens with one attached hydrogen (secondary N) is 1. The molecule has 36 heavy (non-hydrogen) atoms. The second-order valence-electron chi connectivity index (χ2n) is 7.85. The number of amides is 1. The largest absolute Gasteiger partial charge is 0.508 e. The molecule has 8 nitrogen and oxygen atoms in total. The van der Waals surface area contributed by atoms with E-state index in [1.54, 1.807) is 12.1 Å². The molecular weight excluding hydrogens is 493 g/mol. The van der Waals surface area contributed by atoms with Crippen LogP contribution in [0.5, 0.6) is 17.2 Å². The fourth-order valence-corrected chi connectivity index (χ4v) is 3.71. The summed E-state index contributed by atoms with van der Waals surface area (Å²) in [4.78, 5) is 36.5. The molecule has 0 aromatic heterocycles. The molecule has 1 unspecified atom stereocenters. The minimum atomic E-state index is -1.23. The Morgan fingerprint density at radius 3 is 2.58 bits per heavy atom. The van der Waals surface area contributed by atoms with Gasteiger partial charge in [-0.2, -0.15) is 0 Å². The fraction of sp³-hybridized carbons (Fsp3) is 0.115. The highest BCUT2D eigenvalue weighted by atomic mass is 35.5. The molecule has 3 N–H and O–H groups in total. The molecule has 1 aliphatic rings. The molecule has 10 heteroatoms. The van der Waals surface area contributed by atoms with Gasteiger partial charge in [-0.05, 0) is 48.0 Å². The van der Waals surface area contributed by atoms with Gasteiger partial charge in [0.2, 0.25) is 5.78 Å². The van der Waals surface area contributed by atoms with Gasteiger partial charge >= 0.3 is 5.97 Å². The highest BCUT2D eigenvalue weighted by molar-refractivity contribution is 6.32. The number of benzene rings is 3. The van der Waals surface area contributed by atoms with Crippen LogP contribution >= 0.6 is 11.6 Å². The number of hydrogen-bond donors (Lipinski definition) is 3. The normalized spacial score (nSPS) is 14.2. The smallest absolute Gasteiger partial charge is 0.326 e. The van der Waals surface area contributed by atoms with Gasteiger partial charge in [0, 0.05) is 18.1 Å². The quantitative estimate of drug-likeness (QED) is 0.391. The van der Waals surface area contributed by atoms with Gasteiger partial charge in [-0.15, -0.1) is 0 Å². The lowest BCUT2D eigenvalue weighted by atomic mass is 10.1. The van der Waals surface area contributed by atoms with Crippen LogP contribution in [0.1, 0.15) is 21.5 Å². The van der Waals surface area contributed by atoms with Crippen LogP contribution in [0.15, 0.2) is 66.4 Å². The first kappa shape index (κ1) is 24.7. The summed E-state index contributed by atoms with van der Waals surface area (Å²) in [5.74, 6) is -2.69. The number of carbonyl (C=O) groups excluding carboxylic acids is 2. The van der Waals surface area contributed by atoms with E-state index in [4.69, 9.17) is 21.1 Å². The predicted molar refractivity (Wildman–Crippen MR) is 128 cm³/mol. The van der Waals surface area contributed by atoms with Crippen LogP contribution in [0.3, 0.4) is 0 Å². The van der Waals surface area contributed by atoms with Crippen molar-refractivity contribution in [1.29, 1.82) is 0 Å². The molecule has 4 rings (SSSR count).